The van der Waals surface area contributed by atoms with Crippen LogP contribution in [0.2, 0.25) is 0 Å². The number of rotatable bonds is 7. The van der Waals surface area contributed by atoms with Crippen molar-refractivity contribution in [3.63, 3.8) is 0 Å². The molecule has 1 saturated heterocycles. The minimum absolute atomic E-state index is 0.227. The molecule has 1 aliphatic heterocycles. The first-order valence-corrected chi connectivity index (χ1v) is 7.75. The summed E-state index contributed by atoms with van der Waals surface area (Å²) < 4.78 is 11.4. The summed E-state index contributed by atoms with van der Waals surface area (Å²) in [5, 5.41) is 3.55. The van der Waals surface area contributed by atoms with Crippen LogP contribution in [0.5, 0.6) is 5.75 Å². The Labute approximate surface area is 122 Å². The molecule has 0 bridgehead atoms. The van der Waals surface area contributed by atoms with E-state index < -0.39 is 0 Å². The Hall–Kier alpha value is -1.06. The number of nitrogens with one attached hydrogen (secondary N) is 1. The molecule has 1 aromatic carbocycles. The van der Waals surface area contributed by atoms with Gasteiger partial charge in [-0.25, -0.2) is 0 Å². The Kier molecular flexibility index (Phi) is 5.86. The third-order valence-electron chi connectivity index (χ3n) is 3.69. The Morgan fingerprint density at radius 3 is 2.70 bits per heavy atom. The van der Waals surface area contributed by atoms with Gasteiger partial charge in [-0.15, -0.1) is 0 Å². The van der Waals surface area contributed by atoms with Crippen molar-refractivity contribution in [3.05, 3.63) is 29.8 Å². The van der Waals surface area contributed by atoms with Gasteiger partial charge in [-0.05, 0) is 43.5 Å². The third-order valence-corrected chi connectivity index (χ3v) is 3.69. The SMILES string of the molecule is CCOc1ccc(C2OCCC2CNCC(C)C)cc1. The van der Waals surface area contributed by atoms with E-state index in [4.69, 9.17) is 9.47 Å². The summed E-state index contributed by atoms with van der Waals surface area (Å²) in [6, 6.07) is 8.35. The molecule has 1 fully saturated rings. The highest BCUT2D eigenvalue weighted by Gasteiger charge is 2.29. The van der Waals surface area contributed by atoms with E-state index >= 15 is 0 Å². The van der Waals surface area contributed by atoms with Gasteiger partial charge < -0.3 is 14.8 Å². The maximum absolute atomic E-state index is 5.93. The summed E-state index contributed by atoms with van der Waals surface area (Å²) in [5.74, 6) is 2.21. The molecule has 1 heterocycles. The molecule has 0 aromatic heterocycles. The summed E-state index contributed by atoms with van der Waals surface area (Å²) in [7, 11) is 0. The molecule has 3 nitrogen and oxygen atoms in total. The molecule has 0 aliphatic carbocycles. The number of ether oxygens (including phenoxy) is 2. The van der Waals surface area contributed by atoms with Gasteiger partial charge in [0.1, 0.15) is 5.75 Å². The van der Waals surface area contributed by atoms with E-state index in [2.05, 4.69) is 31.3 Å². The van der Waals surface area contributed by atoms with Crippen molar-refractivity contribution in [2.24, 2.45) is 11.8 Å². The molecular weight excluding hydrogens is 250 g/mol. The smallest absolute Gasteiger partial charge is 0.119 e. The van der Waals surface area contributed by atoms with Crippen molar-refractivity contribution in [1.82, 2.24) is 5.32 Å². The van der Waals surface area contributed by atoms with Crippen molar-refractivity contribution >= 4 is 0 Å². The van der Waals surface area contributed by atoms with E-state index in [1.807, 2.05) is 19.1 Å². The van der Waals surface area contributed by atoms with Crippen molar-refractivity contribution in [3.8, 4) is 5.75 Å². The lowest BCUT2D eigenvalue weighted by molar-refractivity contribution is 0.0903. The lowest BCUT2D eigenvalue weighted by Crippen LogP contribution is -2.27. The molecule has 2 rings (SSSR count). The molecular formula is C17H27NO2. The quantitative estimate of drug-likeness (QED) is 0.828. The first-order chi connectivity index (χ1) is 9.70. The largest absolute Gasteiger partial charge is 0.494 e. The molecule has 112 valence electrons. The average Bonchev–Trinajstić information content (AvgIpc) is 2.88. The highest BCUT2D eigenvalue weighted by atomic mass is 16.5. The maximum Gasteiger partial charge on any atom is 0.119 e. The van der Waals surface area contributed by atoms with Gasteiger partial charge in [0, 0.05) is 19.1 Å². The van der Waals surface area contributed by atoms with Gasteiger partial charge in [-0.1, -0.05) is 26.0 Å². The topological polar surface area (TPSA) is 30.5 Å². The molecule has 0 spiro atoms. The second-order valence-corrected chi connectivity index (χ2v) is 5.89. The Balaban J connectivity index is 1.92. The van der Waals surface area contributed by atoms with Crippen LogP contribution in [-0.2, 0) is 4.74 Å². The van der Waals surface area contributed by atoms with Crippen LogP contribution in [0, 0.1) is 11.8 Å². The van der Waals surface area contributed by atoms with Crippen molar-refractivity contribution in [1.29, 1.82) is 0 Å². The lowest BCUT2D eigenvalue weighted by Gasteiger charge is -2.20. The van der Waals surface area contributed by atoms with E-state index in [-0.39, 0.29) is 6.10 Å². The molecule has 0 saturated carbocycles. The molecule has 0 radical (unpaired) electrons. The molecule has 1 aromatic rings. The zero-order chi connectivity index (χ0) is 14.4. The van der Waals surface area contributed by atoms with Gasteiger partial charge >= 0.3 is 0 Å². The zero-order valence-corrected chi connectivity index (χ0v) is 12.9. The second kappa shape index (κ2) is 7.65. The van der Waals surface area contributed by atoms with Gasteiger partial charge in [0.05, 0.1) is 12.7 Å². The van der Waals surface area contributed by atoms with E-state index in [1.54, 1.807) is 0 Å². The van der Waals surface area contributed by atoms with Crippen molar-refractivity contribution in [2.45, 2.75) is 33.3 Å². The summed E-state index contributed by atoms with van der Waals surface area (Å²) in [6.07, 6.45) is 1.37. The van der Waals surface area contributed by atoms with Gasteiger partial charge in [0.15, 0.2) is 0 Å². The fourth-order valence-electron chi connectivity index (χ4n) is 2.69. The minimum Gasteiger partial charge on any atom is -0.494 e. The van der Waals surface area contributed by atoms with Gasteiger partial charge in [0.25, 0.3) is 0 Å². The predicted molar refractivity (Wildman–Crippen MR) is 82.1 cm³/mol. The average molecular weight is 277 g/mol. The number of hydrogen-bond acceptors (Lipinski definition) is 3. The molecule has 20 heavy (non-hydrogen) atoms. The highest BCUT2D eigenvalue weighted by molar-refractivity contribution is 5.29. The standard InChI is InChI=1S/C17H27NO2/c1-4-19-16-7-5-14(6-8-16)17-15(9-10-20-17)12-18-11-13(2)3/h5-8,13,15,17-18H,4,9-12H2,1-3H3. The van der Waals surface area contributed by atoms with Crippen LogP contribution in [0.15, 0.2) is 24.3 Å². The van der Waals surface area contributed by atoms with Crippen LogP contribution in [-0.4, -0.2) is 26.3 Å². The Bertz CT molecular complexity index is 388. The normalized spacial score (nSPS) is 22.4. The van der Waals surface area contributed by atoms with Gasteiger partial charge in [-0.2, -0.15) is 0 Å². The predicted octanol–water partition coefficient (Wildman–Crippen LogP) is 3.41. The Morgan fingerprint density at radius 2 is 2.05 bits per heavy atom. The fourth-order valence-corrected chi connectivity index (χ4v) is 2.69. The number of benzene rings is 1. The molecule has 3 heteroatoms. The van der Waals surface area contributed by atoms with Crippen LogP contribution < -0.4 is 10.1 Å². The summed E-state index contributed by atoms with van der Waals surface area (Å²) in [5.41, 5.74) is 1.27. The monoisotopic (exact) mass is 277 g/mol. The summed E-state index contributed by atoms with van der Waals surface area (Å²) in [4.78, 5) is 0. The van der Waals surface area contributed by atoms with Crippen LogP contribution >= 0.6 is 0 Å². The first-order valence-electron chi connectivity index (χ1n) is 7.75. The van der Waals surface area contributed by atoms with Gasteiger partial charge in [-0.3, -0.25) is 0 Å². The van der Waals surface area contributed by atoms with Crippen LogP contribution in [0.1, 0.15) is 38.9 Å². The Morgan fingerprint density at radius 1 is 1.30 bits per heavy atom. The lowest BCUT2D eigenvalue weighted by atomic mass is 9.95. The fraction of sp³-hybridized carbons (Fsp3) is 0.647. The van der Waals surface area contributed by atoms with Crippen LogP contribution in [0.25, 0.3) is 0 Å². The molecule has 0 amide bonds. The minimum atomic E-state index is 0.227. The molecule has 1 aliphatic rings. The van der Waals surface area contributed by atoms with Crippen molar-refractivity contribution in [2.75, 3.05) is 26.3 Å². The molecule has 2 atom stereocenters. The van der Waals surface area contributed by atoms with Crippen LogP contribution in [0.4, 0.5) is 0 Å². The summed E-state index contributed by atoms with van der Waals surface area (Å²) in [6.45, 7) is 10.2. The van der Waals surface area contributed by atoms with E-state index in [0.717, 1.165) is 31.9 Å². The third kappa shape index (κ3) is 4.22. The number of hydrogen-bond donors (Lipinski definition) is 1. The highest BCUT2D eigenvalue weighted by Crippen LogP contribution is 2.34. The van der Waals surface area contributed by atoms with E-state index in [0.29, 0.717) is 18.4 Å². The summed E-state index contributed by atoms with van der Waals surface area (Å²) >= 11 is 0. The van der Waals surface area contributed by atoms with Crippen molar-refractivity contribution < 1.29 is 9.47 Å². The van der Waals surface area contributed by atoms with Gasteiger partial charge in [0.2, 0.25) is 0 Å². The second-order valence-electron chi connectivity index (χ2n) is 5.89. The molecule has 2 unspecified atom stereocenters. The van der Waals surface area contributed by atoms with Crippen LogP contribution in [0.3, 0.4) is 0 Å². The molecule has 1 N–H and O–H groups in total. The first kappa shape index (κ1) is 15.3. The van der Waals surface area contributed by atoms with E-state index in [1.165, 1.54) is 5.56 Å². The maximum atomic E-state index is 5.93. The zero-order valence-electron chi connectivity index (χ0n) is 12.9. The van der Waals surface area contributed by atoms with E-state index in [9.17, 15) is 0 Å².